The number of benzene rings is 1. The average molecular weight is 340 g/mol. The Morgan fingerprint density at radius 2 is 2.04 bits per heavy atom. The van der Waals surface area contributed by atoms with E-state index in [0.29, 0.717) is 13.2 Å². The molecule has 3 heterocycles. The van der Waals surface area contributed by atoms with Crippen LogP contribution in [0.2, 0.25) is 0 Å². The van der Waals surface area contributed by atoms with E-state index < -0.39 is 0 Å². The topological polar surface area (TPSA) is 58.6 Å². The van der Waals surface area contributed by atoms with Gasteiger partial charge in [0.15, 0.2) is 0 Å². The first-order valence-corrected chi connectivity index (χ1v) is 8.97. The predicted molar refractivity (Wildman–Crippen MR) is 96.5 cm³/mol. The van der Waals surface area contributed by atoms with Gasteiger partial charge in [-0.25, -0.2) is 4.98 Å². The van der Waals surface area contributed by atoms with Crippen LogP contribution in [0.4, 0.5) is 5.82 Å². The standard InChI is InChI=1S/C19H24N4O2/c1-25-12-11-22-9-4-7-19(18(22)24)8-10-23(14-19)17-13-20-15-5-2-3-6-16(15)21-17/h2-3,5-6,13H,4,7-12,14H2,1H3/t19-/m0/s1. The number of hydrogen-bond acceptors (Lipinski definition) is 5. The molecule has 1 aromatic carbocycles. The van der Waals surface area contributed by atoms with Gasteiger partial charge >= 0.3 is 0 Å². The maximum Gasteiger partial charge on any atom is 0.230 e. The van der Waals surface area contributed by atoms with Crippen molar-refractivity contribution in [1.82, 2.24) is 14.9 Å². The third-order valence-corrected chi connectivity index (χ3v) is 5.50. The maximum atomic E-state index is 13.1. The van der Waals surface area contributed by atoms with E-state index in [9.17, 15) is 4.79 Å². The molecule has 0 radical (unpaired) electrons. The fraction of sp³-hybridized carbons (Fsp3) is 0.526. The minimum atomic E-state index is -0.265. The summed E-state index contributed by atoms with van der Waals surface area (Å²) in [4.78, 5) is 26.5. The molecule has 2 aliphatic heterocycles. The van der Waals surface area contributed by atoms with E-state index in [0.717, 1.165) is 55.7 Å². The van der Waals surface area contributed by atoms with Crippen LogP contribution in [-0.2, 0) is 9.53 Å². The smallest absolute Gasteiger partial charge is 0.230 e. The molecule has 132 valence electrons. The molecule has 1 amide bonds. The molecule has 0 aliphatic carbocycles. The third kappa shape index (κ3) is 2.95. The molecular formula is C19H24N4O2. The number of fused-ring (bicyclic) bond motifs is 1. The second-order valence-electron chi connectivity index (χ2n) is 7.06. The SMILES string of the molecule is COCCN1CCC[C@@]2(CCN(c3cnc4ccccc4n3)C2)C1=O. The van der Waals surface area contributed by atoms with Crippen LogP contribution >= 0.6 is 0 Å². The molecule has 4 rings (SSSR count). The molecule has 0 saturated carbocycles. The summed E-state index contributed by atoms with van der Waals surface area (Å²) in [5, 5.41) is 0. The second-order valence-corrected chi connectivity index (χ2v) is 7.06. The zero-order chi connectivity index (χ0) is 17.3. The van der Waals surface area contributed by atoms with Gasteiger partial charge in [-0.05, 0) is 31.4 Å². The number of rotatable bonds is 4. The largest absolute Gasteiger partial charge is 0.383 e. The highest BCUT2D eigenvalue weighted by Crippen LogP contribution is 2.41. The Bertz CT molecular complexity index is 781. The number of ether oxygens (including phenoxy) is 1. The van der Waals surface area contributed by atoms with Gasteiger partial charge in [0.2, 0.25) is 5.91 Å². The zero-order valence-corrected chi connectivity index (χ0v) is 14.6. The van der Waals surface area contributed by atoms with Crippen molar-refractivity contribution in [2.24, 2.45) is 5.41 Å². The van der Waals surface area contributed by atoms with E-state index in [1.807, 2.05) is 35.4 Å². The molecule has 2 saturated heterocycles. The van der Waals surface area contributed by atoms with Gasteiger partial charge in [-0.2, -0.15) is 0 Å². The Kier molecular flexibility index (Phi) is 4.29. The van der Waals surface area contributed by atoms with Crippen LogP contribution in [0.5, 0.6) is 0 Å². The highest BCUT2D eigenvalue weighted by Gasteiger charge is 2.48. The fourth-order valence-corrected chi connectivity index (χ4v) is 4.11. The normalized spacial score (nSPS) is 23.8. The van der Waals surface area contributed by atoms with Crippen molar-refractivity contribution < 1.29 is 9.53 Å². The summed E-state index contributed by atoms with van der Waals surface area (Å²) in [5.41, 5.74) is 1.54. The quantitative estimate of drug-likeness (QED) is 0.853. The van der Waals surface area contributed by atoms with E-state index in [1.165, 1.54) is 0 Å². The molecule has 2 aliphatic rings. The van der Waals surface area contributed by atoms with Gasteiger partial charge in [0.25, 0.3) is 0 Å². The summed E-state index contributed by atoms with van der Waals surface area (Å²) in [6.07, 6.45) is 4.75. The van der Waals surface area contributed by atoms with Crippen LogP contribution in [0.1, 0.15) is 19.3 Å². The van der Waals surface area contributed by atoms with Gasteiger partial charge < -0.3 is 14.5 Å². The lowest BCUT2D eigenvalue weighted by Gasteiger charge is -2.39. The summed E-state index contributed by atoms with van der Waals surface area (Å²) in [6, 6.07) is 7.90. The Morgan fingerprint density at radius 3 is 2.88 bits per heavy atom. The molecule has 6 nitrogen and oxygen atoms in total. The summed E-state index contributed by atoms with van der Waals surface area (Å²) in [6.45, 7) is 3.73. The number of aromatic nitrogens is 2. The Balaban J connectivity index is 1.54. The van der Waals surface area contributed by atoms with Gasteiger partial charge in [-0.1, -0.05) is 12.1 Å². The van der Waals surface area contributed by atoms with Crippen molar-refractivity contribution in [2.45, 2.75) is 19.3 Å². The number of carbonyl (C=O) groups is 1. The molecule has 2 fully saturated rings. The summed E-state index contributed by atoms with van der Waals surface area (Å²) in [5.74, 6) is 1.16. The minimum Gasteiger partial charge on any atom is -0.383 e. The zero-order valence-electron chi connectivity index (χ0n) is 14.6. The number of nitrogens with zero attached hydrogens (tertiary/aromatic N) is 4. The van der Waals surface area contributed by atoms with E-state index >= 15 is 0 Å². The van der Waals surface area contributed by atoms with Gasteiger partial charge in [0, 0.05) is 33.3 Å². The number of amides is 1. The van der Waals surface area contributed by atoms with Crippen LogP contribution in [-0.4, -0.2) is 60.7 Å². The van der Waals surface area contributed by atoms with Crippen molar-refractivity contribution in [3.63, 3.8) is 0 Å². The van der Waals surface area contributed by atoms with Crippen LogP contribution < -0.4 is 4.90 Å². The van der Waals surface area contributed by atoms with E-state index in [-0.39, 0.29) is 11.3 Å². The third-order valence-electron chi connectivity index (χ3n) is 5.50. The number of methoxy groups -OCH3 is 1. The average Bonchev–Trinajstić information content (AvgIpc) is 3.08. The number of likely N-dealkylation sites (tertiary alicyclic amines) is 1. The number of carbonyl (C=O) groups excluding carboxylic acids is 1. The highest BCUT2D eigenvalue weighted by molar-refractivity contribution is 5.85. The van der Waals surface area contributed by atoms with Crippen LogP contribution in [0.3, 0.4) is 0 Å². The van der Waals surface area contributed by atoms with Gasteiger partial charge in [0.1, 0.15) is 5.82 Å². The van der Waals surface area contributed by atoms with Crippen molar-refractivity contribution in [3.05, 3.63) is 30.5 Å². The summed E-state index contributed by atoms with van der Waals surface area (Å²) in [7, 11) is 1.68. The summed E-state index contributed by atoms with van der Waals surface area (Å²) < 4.78 is 5.15. The molecule has 1 atom stereocenters. The lowest BCUT2D eigenvalue weighted by atomic mass is 9.78. The first kappa shape index (κ1) is 16.3. The Hall–Kier alpha value is -2.21. The van der Waals surface area contributed by atoms with Crippen molar-refractivity contribution in [2.75, 3.05) is 44.8 Å². The fourth-order valence-electron chi connectivity index (χ4n) is 4.11. The number of anilines is 1. The first-order valence-electron chi connectivity index (χ1n) is 8.97. The molecule has 1 aromatic heterocycles. The molecule has 25 heavy (non-hydrogen) atoms. The molecule has 2 aromatic rings. The first-order chi connectivity index (χ1) is 12.2. The Morgan fingerprint density at radius 1 is 1.20 bits per heavy atom. The van der Waals surface area contributed by atoms with Crippen LogP contribution in [0.25, 0.3) is 11.0 Å². The molecule has 1 spiro atoms. The van der Waals surface area contributed by atoms with Crippen molar-refractivity contribution in [1.29, 1.82) is 0 Å². The van der Waals surface area contributed by atoms with Gasteiger partial charge in [-0.15, -0.1) is 0 Å². The molecule has 0 unspecified atom stereocenters. The van der Waals surface area contributed by atoms with Crippen molar-refractivity contribution >= 4 is 22.8 Å². The predicted octanol–water partition coefficient (Wildman–Crippen LogP) is 2.10. The molecular weight excluding hydrogens is 316 g/mol. The van der Waals surface area contributed by atoms with E-state index in [4.69, 9.17) is 9.72 Å². The number of para-hydroxylation sites is 2. The van der Waals surface area contributed by atoms with E-state index in [1.54, 1.807) is 7.11 Å². The molecule has 6 heteroatoms. The number of piperidine rings is 1. The highest BCUT2D eigenvalue weighted by atomic mass is 16.5. The maximum absolute atomic E-state index is 13.1. The monoisotopic (exact) mass is 340 g/mol. The van der Waals surface area contributed by atoms with Crippen molar-refractivity contribution in [3.8, 4) is 0 Å². The minimum absolute atomic E-state index is 0.265. The van der Waals surface area contributed by atoms with Gasteiger partial charge in [-0.3, -0.25) is 9.78 Å². The second kappa shape index (κ2) is 6.59. The molecule has 0 N–H and O–H groups in total. The number of hydrogen-bond donors (Lipinski definition) is 0. The van der Waals surface area contributed by atoms with Gasteiger partial charge in [0.05, 0.1) is 29.3 Å². The summed E-state index contributed by atoms with van der Waals surface area (Å²) >= 11 is 0. The molecule has 0 bridgehead atoms. The lowest BCUT2D eigenvalue weighted by Crippen LogP contribution is -2.51. The lowest BCUT2D eigenvalue weighted by molar-refractivity contribution is -0.145. The van der Waals surface area contributed by atoms with Crippen LogP contribution in [0, 0.1) is 5.41 Å². The Labute approximate surface area is 147 Å². The van der Waals surface area contributed by atoms with E-state index in [2.05, 4.69) is 9.88 Å². The van der Waals surface area contributed by atoms with Crippen LogP contribution in [0.15, 0.2) is 30.5 Å².